The molecule has 152 valence electrons. The first-order valence-electron chi connectivity index (χ1n) is 9.15. The molecule has 1 aromatic carbocycles. The fourth-order valence-electron chi connectivity index (χ4n) is 2.84. The van der Waals surface area contributed by atoms with Crippen molar-refractivity contribution in [2.75, 3.05) is 11.1 Å². The van der Waals surface area contributed by atoms with E-state index in [1.807, 2.05) is 54.0 Å². The number of halogens is 1. The Labute approximate surface area is 186 Å². The van der Waals surface area contributed by atoms with Gasteiger partial charge in [0.15, 0.2) is 11.0 Å². The highest BCUT2D eigenvalue weighted by Crippen LogP contribution is 2.26. The van der Waals surface area contributed by atoms with E-state index in [9.17, 15) is 4.79 Å². The number of hydrogen-bond donors (Lipinski definition) is 1. The van der Waals surface area contributed by atoms with Crippen molar-refractivity contribution >= 4 is 39.3 Å². The summed E-state index contributed by atoms with van der Waals surface area (Å²) < 4.78 is 8.27. The molecule has 3 aromatic heterocycles. The van der Waals surface area contributed by atoms with Crippen molar-refractivity contribution in [3.8, 4) is 11.4 Å². The lowest BCUT2D eigenvalue weighted by Gasteiger charge is -2.10. The van der Waals surface area contributed by atoms with Crippen LogP contribution in [-0.2, 0) is 11.3 Å². The van der Waals surface area contributed by atoms with Crippen LogP contribution in [0.25, 0.3) is 11.4 Å². The number of rotatable bonds is 7. The van der Waals surface area contributed by atoms with E-state index in [0.29, 0.717) is 17.5 Å². The maximum Gasteiger partial charge on any atom is 0.234 e. The number of aryl methyl sites for hydroxylation is 1. The average Bonchev–Trinajstić information content (AvgIpc) is 3.40. The van der Waals surface area contributed by atoms with Crippen LogP contribution >= 0.6 is 27.7 Å². The molecule has 1 amide bonds. The van der Waals surface area contributed by atoms with Crippen molar-refractivity contribution in [2.45, 2.75) is 18.6 Å². The van der Waals surface area contributed by atoms with Crippen LogP contribution in [0, 0.1) is 6.92 Å². The maximum atomic E-state index is 12.5. The molecule has 0 unspecified atom stereocenters. The number of hydrogen-bond acceptors (Lipinski definition) is 6. The van der Waals surface area contributed by atoms with Crippen molar-refractivity contribution in [3.05, 3.63) is 76.9 Å². The molecule has 4 aromatic rings. The topological polar surface area (TPSA) is 85.8 Å². The first kappa shape index (κ1) is 20.4. The van der Waals surface area contributed by atoms with Crippen LogP contribution in [0.1, 0.15) is 11.3 Å². The summed E-state index contributed by atoms with van der Waals surface area (Å²) in [5.74, 6) is 1.52. The molecule has 7 nitrogen and oxygen atoms in total. The number of nitrogens with one attached hydrogen (secondary N) is 1. The van der Waals surface area contributed by atoms with E-state index in [1.54, 1.807) is 18.7 Å². The Morgan fingerprint density at radius 1 is 1.23 bits per heavy atom. The second-order valence-electron chi connectivity index (χ2n) is 6.53. The standard InChI is InChI=1S/C21H18BrN5O2S/c1-14-6-7-18(17(22)10-14)24-19(28)13-30-21-26-25-20(15-4-2-8-23-11-15)27(21)12-16-5-3-9-29-16/h2-11H,12-13H2,1H3,(H,24,28). The molecule has 30 heavy (non-hydrogen) atoms. The van der Waals surface area contributed by atoms with E-state index in [1.165, 1.54) is 11.8 Å². The highest BCUT2D eigenvalue weighted by Gasteiger charge is 2.17. The maximum absolute atomic E-state index is 12.5. The quantitative estimate of drug-likeness (QED) is 0.380. The summed E-state index contributed by atoms with van der Waals surface area (Å²) in [6.07, 6.45) is 5.07. The normalized spacial score (nSPS) is 10.9. The summed E-state index contributed by atoms with van der Waals surface area (Å²) in [5.41, 5.74) is 2.69. The monoisotopic (exact) mass is 483 g/mol. The molecular formula is C21H18BrN5O2S. The Kier molecular flexibility index (Phi) is 6.29. The number of carbonyl (C=O) groups is 1. The Morgan fingerprint density at radius 3 is 2.87 bits per heavy atom. The number of anilines is 1. The fourth-order valence-corrected chi connectivity index (χ4v) is 4.17. The lowest BCUT2D eigenvalue weighted by Crippen LogP contribution is -2.15. The molecule has 0 saturated carbocycles. The Hall–Kier alpha value is -2.91. The number of aromatic nitrogens is 4. The van der Waals surface area contributed by atoms with E-state index in [2.05, 4.69) is 36.4 Å². The van der Waals surface area contributed by atoms with Gasteiger partial charge in [-0.3, -0.25) is 14.3 Å². The molecule has 0 saturated heterocycles. The first-order chi connectivity index (χ1) is 14.6. The average molecular weight is 484 g/mol. The van der Waals surface area contributed by atoms with Crippen LogP contribution in [0.3, 0.4) is 0 Å². The van der Waals surface area contributed by atoms with Crippen molar-refractivity contribution in [1.29, 1.82) is 0 Å². The molecule has 0 fully saturated rings. The van der Waals surface area contributed by atoms with Crippen LogP contribution in [0.2, 0.25) is 0 Å². The number of nitrogens with zero attached hydrogens (tertiary/aromatic N) is 4. The van der Waals surface area contributed by atoms with Crippen molar-refractivity contribution in [2.24, 2.45) is 0 Å². The predicted octanol–water partition coefficient (Wildman–Crippen LogP) is 4.78. The molecule has 9 heteroatoms. The van der Waals surface area contributed by atoms with Crippen LogP contribution in [0.5, 0.6) is 0 Å². The molecule has 0 spiro atoms. The number of thioether (sulfide) groups is 1. The molecule has 0 radical (unpaired) electrons. The Balaban J connectivity index is 1.52. The summed E-state index contributed by atoms with van der Waals surface area (Å²) >= 11 is 4.80. The first-order valence-corrected chi connectivity index (χ1v) is 10.9. The van der Waals surface area contributed by atoms with Gasteiger partial charge in [-0.25, -0.2) is 0 Å². The molecule has 0 bridgehead atoms. The minimum atomic E-state index is -0.125. The highest BCUT2D eigenvalue weighted by molar-refractivity contribution is 9.10. The van der Waals surface area contributed by atoms with Gasteiger partial charge >= 0.3 is 0 Å². The van der Waals surface area contributed by atoms with Gasteiger partial charge in [0.05, 0.1) is 24.2 Å². The summed E-state index contributed by atoms with van der Waals surface area (Å²) in [6, 6.07) is 13.3. The third-order valence-electron chi connectivity index (χ3n) is 4.26. The molecular weight excluding hydrogens is 466 g/mol. The smallest absolute Gasteiger partial charge is 0.234 e. The molecule has 3 heterocycles. The Bertz CT molecular complexity index is 1150. The zero-order valence-electron chi connectivity index (χ0n) is 16.1. The summed E-state index contributed by atoms with van der Waals surface area (Å²) in [5, 5.41) is 12.2. The van der Waals surface area contributed by atoms with E-state index in [-0.39, 0.29) is 11.7 Å². The van der Waals surface area contributed by atoms with Gasteiger partial charge in [-0.15, -0.1) is 10.2 Å². The molecule has 0 atom stereocenters. The Morgan fingerprint density at radius 2 is 2.13 bits per heavy atom. The van der Waals surface area contributed by atoms with Crippen molar-refractivity contribution in [3.63, 3.8) is 0 Å². The number of amides is 1. The molecule has 1 N–H and O–H groups in total. The highest BCUT2D eigenvalue weighted by atomic mass is 79.9. The van der Waals surface area contributed by atoms with E-state index < -0.39 is 0 Å². The second-order valence-corrected chi connectivity index (χ2v) is 8.33. The van der Waals surface area contributed by atoms with Crippen LogP contribution in [-0.4, -0.2) is 31.4 Å². The van der Waals surface area contributed by atoms with Crippen LogP contribution in [0.4, 0.5) is 5.69 Å². The lowest BCUT2D eigenvalue weighted by atomic mass is 10.2. The summed E-state index contributed by atoms with van der Waals surface area (Å²) in [6.45, 7) is 2.45. The van der Waals surface area contributed by atoms with Crippen molar-refractivity contribution < 1.29 is 9.21 Å². The van der Waals surface area contributed by atoms with Crippen LogP contribution < -0.4 is 5.32 Å². The number of benzene rings is 1. The SMILES string of the molecule is Cc1ccc(NC(=O)CSc2nnc(-c3cccnc3)n2Cc2ccco2)c(Br)c1. The second kappa shape index (κ2) is 9.27. The predicted molar refractivity (Wildman–Crippen MR) is 119 cm³/mol. The van der Waals surface area contributed by atoms with E-state index in [0.717, 1.165) is 27.0 Å². The molecule has 0 aliphatic heterocycles. The van der Waals surface area contributed by atoms with Gasteiger partial charge in [-0.2, -0.15) is 0 Å². The van der Waals surface area contributed by atoms with Gasteiger partial charge in [0.2, 0.25) is 5.91 Å². The third kappa shape index (κ3) is 4.80. The number of pyridine rings is 1. The van der Waals surface area contributed by atoms with Gasteiger partial charge in [-0.1, -0.05) is 17.8 Å². The van der Waals surface area contributed by atoms with Crippen molar-refractivity contribution in [1.82, 2.24) is 19.7 Å². The molecule has 0 aliphatic rings. The lowest BCUT2D eigenvalue weighted by molar-refractivity contribution is -0.113. The van der Waals surface area contributed by atoms with Gasteiger partial charge in [0.1, 0.15) is 5.76 Å². The zero-order chi connectivity index (χ0) is 20.9. The third-order valence-corrected chi connectivity index (χ3v) is 5.88. The van der Waals surface area contributed by atoms with Crippen LogP contribution in [0.15, 0.2) is 75.2 Å². The fraction of sp³-hybridized carbons (Fsp3) is 0.143. The van der Waals surface area contributed by atoms with E-state index in [4.69, 9.17) is 4.42 Å². The molecule has 0 aliphatic carbocycles. The van der Waals surface area contributed by atoms with Gasteiger partial charge in [0, 0.05) is 22.4 Å². The van der Waals surface area contributed by atoms with E-state index >= 15 is 0 Å². The molecule has 4 rings (SSSR count). The zero-order valence-corrected chi connectivity index (χ0v) is 18.5. The van der Waals surface area contributed by atoms with Gasteiger partial charge < -0.3 is 9.73 Å². The van der Waals surface area contributed by atoms with Gasteiger partial charge in [-0.05, 0) is 64.8 Å². The number of carbonyl (C=O) groups excluding carboxylic acids is 1. The number of furan rings is 1. The minimum Gasteiger partial charge on any atom is -0.467 e. The summed E-state index contributed by atoms with van der Waals surface area (Å²) in [7, 11) is 0. The summed E-state index contributed by atoms with van der Waals surface area (Å²) in [4.78, 5) is 16.7. The van der Waals surface area contributed by atoms with Gasteiger partial charge in [0.25, 0.3) is 0 Å². The minimum absolute atomic E-state index is 0.125. The largest absolute Gasteiger partial charge is 0.467 e.